The molecule has 0 spiro atoms. The zero-order chi connectivity index (χ0) is 34.2. The van der Waals surface area contributed by atoms with Crippen LogP contribution in [0.4, 0.5) is 5.69 Å². The molecule has 2 rings (SSSR count). The Morgan fingerprint density at radius 1 is 0.761 bits per heavy atom. The molecule has 0 fully saturated rings. The third-order valence-electron chi connectivity index (χ3n) is 7.99. The van der Waals surface area contributed by atoms with E-state index in [2.05, 4.69) is 63.7 Å². The molecule has 11 heteroatoms. The van der Waals surface area contributed by atoms with E-state index in [0.29, 0.717) is 35.7 Å². The lowest BCUT2D eigenvalue weighted by Crippen LogP contribution is -2.36. The topological polar surface area (TPSA) is 154 Å². The Bertz CT molecular complexity index is 1380. The summed E-state index contributed by atoms with van der Waals surface area (Å²) in [5.74, 6) is -0.525. The van der Waals surface area contributed by atoms with Crippen molar-refractivity contribution in [2.24, 2.45) is 11.5 Å². The molecule has 2 aromatic rings. The molecule has 0 aromatic heterocycles. The quantitative estimate of drug-likeness (QED) is 0.138. The molecule has 0 bridgehead atoms. The maximum Gasteiger partial charge on any atom is 0.409 e. The Morgan fingerprint density at radius 3 is 1.65 bits per heavy atom. The van der Waals surface area contributed by atoms with Crippen molar-refractivity contribution in [3.8, 4) is 5.75 Å². The van der Waals surface area contributed by atoms with Gasteiger partial charge in [-0.15, -0.1) is 12.4 Å². The molecular weight excluding hydrogens is 624 g/mol. The number of carbonyl (C=O) groups excluding carboxylic acids is 2. The first-order chi connectivity index (χ1) is 20.9. The van der Waals surface area contributed by atoms with Gasteiger partial charge in [0.2, 0.25) is 11.8 Å². The highest BCUT2D eigenvalue weighted by Gasteiger charge is 2.27. The normalized spacial score (nSPS) is 12.5. The molecule has 0 aliphatic heterocycles. The SMILES string of the molecule is CC(C)c1cc(C(C)C)c(CC(=O)NS(=O)(=O)Oc2c(C(C)C)cc(NC(=O)C(N)CCCCN)cc2C(C)C)c(C(C)C)c1.Cl. The summed E-state index contributed by atoms with van der Waals surface area (Å²) in [6, 6.07) is 6.97. The number of nitrogens with one attached hydrogen (secondary N) is 2. The van der Waals surface area contributed by atoms with Crippen molar-refractivity contribution in [3.63, 3.8) is 0 Å². The molecule has 260 valence electrons. The number of carbonyl (C=O) groups is 2. The molecule has 0 aliphatic carbocycles. The molecule has 6 N–H and O–H groups in total. The molecular formula is C35H57ClN4O5S. The van der Waals surface area contributed by atoms with E-state index in [1.165, 1.54) is 5.56 Å². The van der Waals surface area contributed by atoms with Gasteiger partial charge in [-0.2, -0.15) is 8.42 Å². The molecule has 2 aromatic carbocycles. The molecule has 46 heavy (non-hydrogen) atoms. The predicted octanol–water partition coefficient (Wildman–Crippen LogP) is 7.10. The summed E-state index contributed by atoms with van der Waals surface area (Å²) >= 11 is 0. The fourth-order valence-corrected chi connectivity index (χ4v) is 6.16. The number of hydrogen-bond acceptors (Lipinski definition) is 7. The number of anilines is 1. The average Bonchev–Trinajstić information content (AvgIpc) is 2.92. The lowest BCUT2D eigenvalue weighted by molar-refractivity contribution is -0.119. The molecule has 0 saturated carbocycles. The number of unbranched alkanes of at least 4 members (excludes halogenated alkanes) is 1. The Hall–Kier alpha value is -2.66. The number of hydrogen-bond donors (Lipinski definition) is 4. The number of nitrogens with two attached hydrogens (primary N) is 2. The second-order valence-corrected chi connectivity index (χ2v) is 14.8. The Balaban J connectivity index is 0.0000106. The minimum absolute atomic E-state index is 0. The third-order valence-corrected chi connectivity index (χ3v) is 8.85. The maximum absolute atomic E-state index is 13.4. The average molecular weight is 681 g/mol. The van der Waals surface area contributed by atoms with Gasteiger partial charge in [0, 0.05) is 16.8 Å². The van der Waals surface area contributed by atoms with Crippen LogP contribution in [0.5, 0.6) is 5.75 Å². The Labute approximate surface area is 283 Å². The monoisotopic (exact) mass is 680 g/mol. The number of rotatable bonds is 16. The molecule has 0 heterocycles. The summed E-state index contributed by atoms with van der Waals surface area (Å²) in [7, 11) is -4.53. The molecule has 0 aliphatic rings. The smallest absolute Gasteiger partial charge is 0.366 e. The molecule has 9 nitrogen and oxygen atoms in total. The summed E-state index contributed by atoms with van der Waals surface area (Å²) in [5, 5.41) is 2.88. The van der Waals surface area contributed by atoms with E-state index in [4.69, 9.17) is 15.7 Å². The van der Waals surface area contributed by atoms with E-state index in [-0.39, 0.29) is 54.2 Å². The Kier molecular flexibility index (Phi) is 16.2. The van der Waals surface area contributed by atoms with Crippen LogP contribution < -0.4 is 25.7 Å². The van der Waals surface area contributed by atoms with Gasteiger partial charge in [0.15, 0.2) is 5.75 Å². The second-order valence-electron chi connectivity index (χ2n) is 13.6. The fourth-order valence-electron chi connectivity index (χ4n) is 5.35. The highest BCUT2D eigenvalue weighted by atomic mass is 35.5. The van der Waals surface area contributed by atoms with Crippen molar-refractivity contribution in [3.05, 3.63) is 57.6 Å². The van der Waals surface area contributed by atoms with Crippen LogP contribution >= 0.6 is 12.4 Å². The van der Waals surface area contributed by atoms with Gasteiger partial charge in [-0.1, -0.05) is 87.8 Å². The van der Waals surface area contributed by atoms with Crippen LogP contribution in [-0.4, -0.2) is 32.8 Å². The van der Waals surface area contributed by atoms with E-state index < -0.39 is 22.3 Å². The summed E-state index contributed by atoms with van der Waals surface area (Å²) in [6.07, 6.45) is 1.95. The number of benzene rings is 2. The minimum Gasteiger partial charge on any atom is -0.366 e. The van der Waals surface area contributed by atoms with Crippen molar-refractivity contribution in [2.45, 2.75) is 131 Å². The first-order valence-electron chi connectivity index (χ1n) is 16.2. The van der Waals surface area contributed by atoms with Gasteiger partial charge in [0.25, 0.3) is 0 Å². The molecule has 0 radical (unpaired) electrons. The first kappa shape index (κ1) is 41.4. The van der Waals surface area contributed by atoms with Crippen LogP contribution in [0.15, 0.2) is 24.3 Å². The van der Waals surface area contributed by atoms with E-state index in [1.807, 2.05) is 27.7 Å². The second kappa shape index (κ2) is 18.0. The van der Waals surface area contributed by atoms with E-state index in [1.54, 1.807) is 12.1 Å². The zero-order valence-electron chi connectivity index (χ0n) is 29.3. The van der Waals surface area contributed by atoms with E-state index in [0.717, 1.165) is 29.5 Å². The van der Waals surface area contributed by atoms with Crippen LogP contribution in [0.2, 0.25) is 0 Å². The summed E-state index contributed by atoms with van der Waals surface area (Å²) in [4.78, 5) is 26.1. The lowest BCUT2D eigenvalue weighted by Gasteiger charge is -2.23. The highest BCUT2D eigenvalue weighted by Crippen LogP contribution is 2.38. The van der Waals surface area contributed by atoms with Crippen LogP contribution in [0, 0.1) is 0 Å². The third kappa shape index (κ3) is 11.5. The predicted molar refractivity (Wildman–Crippen MR) is 191 cm³/mol. The van der Waals surface area contributed by atoms with Crippen LogP contribution in [0.1, 0.15) is 151 Å². The van der Waals surface area contributed by atoms with E-state index >= 15 is 0 Å². The van der Waals surface area contributed by atoms with Gasteiger partial charge >= 0.3 is 10.3 Å². The molecule has 1 atom stereocenters. The highest BCUT2D eigenvalue weighted by molar-refractivity contribution is 7.85. The van der Waals surface area contributed by atoms with Crippen molar-refractivity contribution < 1.29 is 22.2 Å². The Morgan fingerprint density at radius 2 is 1.24 bits per heavy atom. The van der Waals surface area contributed by atoms with Gasteiger partial charge in [-0.05, 0) is 83.4 Å². The van der Waals surface area contributed by atoms with Crippen LogP contribution in [0.25, 0.3) is 0 Å². The van der Waals surface area contributed by atoms with Crippen LogP contribution in [-0.2, 0) is 26.3 Å². The largest absolute Gasteiger partial charge is 0.409 e. The minimum atomic E-state index is -4.53. The summed E-state index contributed by atoms with van der Waals surface area (Å²) in [5.41, 5.74) is 17.4. The summed E-state index contributed by atoms with van der Waals surface area (Å²) in [6.45, 7) is 20.7. The van der Waals surface area contributed by atoms with Gasteiger partial charge in [-0.3, -0.25) is 9.59 Å². The number of amides is 2. The molecule has 2 amide bonds. The summed E-state index contributed by atoms with van der Waals surface area (Å²) < 4.78 is 34.5. The van der Waals surface area contributed by atoms with Gasteiger partial charge in [-0.25, -0.2) is 4.72 Å². The zero-order valence-corrected chi connectivity index (χ0v) is 31.0. The maximum atomic E-state index is 13.4. The van der Waals surface area contributed by atoms with Gasteiger partial charge in [0.05, 0.1) is 12.5 Å². The molecule has 0 saturated heterocycles. The fraction of sp³-hybridized carbons (Fsp3) is 0.600. The van der Waals surface area contributed by atoms with Crippen molar-refractivity contribution in [1.29, 1.82) is 0 Å². The lowest BCUT2D eigenvalue weighted by atomic mass is 9.83. The van der Waals surface area contributed by atoms with Crippen molar-refractivity contribution >= 4 is 40.2 Å². The van der Waals surface area contributed by atoms with Crippen molar-refractivity contribution in [1.82, 2.24) is 4.72 Å². The van der Waals surface area contributed by atoms with Crippen LogP contribution in [0.3, 0.4) is 0 Å². The van der Waals surface area contributed by atoms with E-state index in [9.17, 15) is 18.0 Å². The van der Waals surface area contributed by atoms with Gasteiger partial charge in [0.1, 0.15) is 0 Å². The molecule has 1 unspecified atom stereocenters. The standard InChI is InChI=1S/C35H56N4O5S.ClH/c1-20(2)25-15-27(21(3)4)31(28(16-25)22(5)6)19-33(40)39-45(42,43)44-34-29(23(7)8)17-26(18-30(34)24(9)10)38-35(41)32(37)13-11-12-14-36;/h15-18,20-24,32H,11-14,19,36-37H2,1-10H3,(H,38,41)(H,39,40);1H. The number of halogens is 1. The van der Waals surface area contributed by atoms with Gasteiger partial charge < -0.3 is 21.0 Å². The first-order valence-corrected chi connectivity index (χ1v) is 17.6. The van der Waals surface area contributed by atoms with Crippen molar-refractivity contribution in [2.75, 3.05) is 11.9 Å².